The van der Waals surface area contributed by atoms with Crippen molar-refractivity contribution >= 4 is 22.1 Å². The van der Waals surface area contributed by atoms with Crippen molar-refractivity contribution in [3.63, 3.8) is 0 Å². The fourth-order valence-electron chi connectivity index (χ4n) is 5.90. The molecule has 0 radical (unpaired) electrons. The van der Waals surface area contributed by atoms with Crippen molar-refractivity contribution in [2.45, 2.75) is 192 Å². The van der Waals surface area contributed by atoms with Crippen molar-refractivity contribution in [1.82, 2.24) is 0 Å². The molecule has 1 heterocycles. The lowest BCUT2D eigenvalue weighted by Gasteiger charge is -2.40. The molecule has 13 heteroatoms. The number of aliphatic hydroxyl groups excluding tert-OH is 3. The van der Waals surface area contributed by atoms with Crippen LogP contribution in [0, 0.1) is 0 Å². The van der Waals surface area contributed by atoms with E-state index < -0.39 is 71.2 Å². The van der Waals surface area contributed by atoms with Gasteiger partial charge in [0, 0.05) is 12.8 Å². The van der Waals surface area contributed by atoms with Crippen LogP contribution in [-0.2, 0) is 38.7 Å². The van der Waals surface area contributed by atoms with Crippen molar-refractivity contribution in [3.05, 3.63) is 24.3 Å². The maximum absolute atomic E-state index is 12.7. The van der Waals surface area contributed by atoms with Crippen LogP contribution in [-0.4, -0.2) is 96.0 Å². The molecule has 2 unspecified atom stereocenters. The highest BCUT2D eigenvalue weighted by Gasteiger charge is 2.46. The van der Waals surface area contributed by atoms with Gasteiger partial charge >= 0.3 is 11.9 Å². The number of allylic oxidation sites excluding steroid dienone is 4. The van der Waals surface area contributed by atoms with Gasteiger partial charge in [0.2, 0.25) is 0 Å². The number of unbranched alkanes of at least 4 members (excludes halogenated alkanes) is 17. The number of aliphatic hydroxyl groups is 3. The monoisotopic (exact) mass is 762 g/mol. The van der Waals surface area contributed by atoms with Crippen LogP contribution in [0.5, 0.6) is 0 Å². The molecule has 6 atom stereocenters. The molecule has 0 bridgehead atoms. The van der Waals surface area contributed by atoms with Crippen LogP contribution < -0.4 is 0 Å². The summed E-state index contributed by atoms with van der Waals surface area (Å²) in [6, 6.07) is 0. The number of hydrogen-bond donors (Lipinski definition) is 4. The Bertz CT molecular complexity index is 1080. The molecule has 0 aromatic heterocycles. The summed E-state index contributed by atoms with van der Waals surface area (Å²) in [5, 5.41) is 30.7. The molecule has 1 rings (SSSR count). The van der Waals surface area contributed by atoms with E-state index in [-0.39, 0.29) is 19.4 Å². The maximum atomic E-state index is 12.7. The first-order valence-corrected chi connectivity index (χ1v) is 21.5. The van der Waals surface area contributed by atoms with Gasteiger partial charge in [-0.1, -0.05) is 128 Å². The quantitative estimate of drug-likeness (QED) is 0.0241. The van der Waals surface area contributed by atoms with Crippen LogP contribution in [0.4, 0.5) is 0 Å². The molecule has 304 valence electrons. The summed E-state index contributed by atoms with van der Waals surface area (Å²) in [5.74, 6) is -2.00. The van der Waals surface area contributed by atoms with Crippen molar-refractivity contribution in [2.75, 3.05) is 19.0 Å². The van der Waals surface area contributed by atoms with E-state index in [0.717, 1.165) is 57.8 Å². The van der Waals surface area contributed by atoms with Crippen molar-refractivity contribution in [2.24, 2.45) is 0 Å². The molecule has 12 nitrogen and oxygen atoms in total. The Kier molecular flexibility index (Phi) is 28.2. The topological polar surface area (TPSA) is 186 Å². The Labute approximate surface area is 313 Å². The van der Waals surface area contributed by atoms with Gasteiger partial charge in [-0.2, -0.15) is 8.42 Å². The molecule has 0 aliphatic carbocycles. The highest BCUT2D eigenvalue weighted by atomic mass is 32.2. The molecule has 1 aliphatic rings. The maximum Gasteiger partial charge on any atom is 0.306 e. The normalized spacial score (nSPS) is 21.5. The molecule has 0 aromatic carbocycles. The Morgan fingerprint density at radius 2 is 1.13 bits per heavy atom. The van der Waals surface area contributed by atoms with Gasteiger partial charge in [-0.3, -0.25) is 14.1 Å². The van der Waals surface area contributed by atoms with Crippen molar-refractivity contribution in [1.29, 1.82) is 0 Å². The van der Waals surface area contributed by atoms with Gasteiger partial charge in [-0.05, 0) is 38.5 Å². The second-order valence-electron chi connectivity index (χ2n) is 14.0. The summed E-state index contributed by atoms with van der Waals surface area (Å²) in [7, 11) is -4.60. The van der Waals surface area contributed by atoms with Crippen molar-refractivity contribution < 1.29 is 56.8 Å². The molecule has 0 amide bonds. The minimum absolute atomic E-state index is 0.162. The summed E-state index contributed by atoms with van der Waals surface area (Å²) in [6.07, 6.45) is 21.0. The molecule has 1 saturated heterocycles. The number of hydrogen-bond acceptors (Lipinski definition) is 11. The predicted molar refractivity (Wildman–Crippen MR) is 201 cm³/mol. The van der Waals surface area contributed by atoms with Gasteiger partial charge in [-0.25, -0.2) is 0 Å². The van der Waals surface area contributed by atoms with Gasteiger partial charge in [0.25, 0.3) is 10.1 Å². The van der Waals surface area contributed by atoms with Crippen LogP contribution in [0.1, 0.15) is 155 Å². The zero-order valence-electron chi connectivity index (χ0n) is 31.9. The third-order valence-electron chi connectivity index (χ3n) is 9.06. The summed E-state index contributed by atoms with van der Waals surface area (Å²) in [6.45, 7) is 3.67. The van der Waals surface area contributed by atoms with Crippen LogP contribution in [0.3, 0.4) is 0 Å². The van der Waals surface area contributed by atoms with E-state index in [2.05, 4.69) is 38.2 Å². The number of ether oxygens (including phenoxy) is 4. The molecule has 1 aliphatic heterocycles. The Morgan fingerprint density at radius 1 is 0.654 bits per heavy atom. The minimum Gasteiger partial charge on any atom is -0.462 e. The molecule has 52 heavy (non-hydrogen) atoms. The average molecular weight is 763 g/mol. The highest BCUT2D eigenvalue weighted by Crippen LogP contribution is 2.24. The van der Waals surface area contributed by atoms with Crippen LogP contribution in [0.25, 0.3) is 0 Å². The van der Waals surface area contributed by atoms with Gasteiger partial charge < -0.3 is 34.3 Å². The van der Waals surface area contributed by atoms with Crippen molar-refractivity contribution in [3.8, 4) is 0 Å². The first-order valence-electron chi connectivity index (χ1n) is 19.9. The van der Waals surface area contributed by atoms with Gasteiger partial charge in [0.05, 0.1) is 6.61 Å². The third-order valence-corrected chi connectivity index (χ3v) is 9.81. The number of esters is 2. The van der Waals surface area contributed by atoms with E-state index in [4.69, 9.17) is 18.9 Å². The zero-order valence-corrected chi connectivity index (χ0v) is 32.7. The summed E-state index contributed by atoms with van der Waals surface area (Å²) in [5.41, 5.74) is 0. The Balaban J connectivity index is 2.50. The Hall–Kier alpha value is -1.87. The summed E-state index contributed by atoms with van der Waals surface area (Å²) in [4.78, 5) is 25.2. The fourth-order valence-corrected chi connectivity index (χ4v) is 6.59. The lowest BCUT2D eigenvalue weighted by molar-refractivity contribution is -0.297. The number of rotatable bonds is 32. The first kappa shape index (κ1) is 48.1. The number of carbonyl (C=O) groups is 2. The summed E-state index contributed by atoms with van der Waals surface area (Å²) >= 11 is 0. The average Bonchev–Trinajstić information content (AvgIpc) is 3.10. The number of carbonyl (C=O) groups excluding carboxylic acids is 2. The SMILES string of the molecule is CCCCCC/C=C/C=C/CCCCCCCC(=O)OC[C@H](CO[C@H]1O[C@H](CS(=O)(=O)O)[C@@H](O)C(O)C1O)OC(=O)CCCCCCCCCCC. The van der Waals surface area contributed by atoms with E-state index in [1.807, 2.05) is 0 Å². The largest absolute Gasteiger partial charge is 0.462 e. The lowest BCUT2D eigenvalue weighted by atomic mass is 10.00. The first-order chi connectivity index (χ1) is 25.0. The van der Waals surface area contributed by atoms with Crippen LogP contribution in [0.2, 0.25) is 0 Å². The van der Waals surface area contributed by atoms with Crippen LogP contribution in [0.15, 0.2) is 24.3 Å². The predicted octanol–water partition coefficient (Wildman–Crippen LogP) is 6.89. The van der Waals surface area contributed by atoms with E-state index in [1.54, 1.807) is 0 Å². The second-order valence-corrected chi connectivity index (χ2v) is 15.5. The van der Waals surface area contributed by atoms with Crippen LogP contribution >= 0.6 is 0 Å². The van der Waals surface area contributed by atoms with Gasteiger partial charge in [0.1, 0.15) is 36.8 Å². The lowest BCUT2D eigenvalue weighted by Crippen LogP contribution is -2.60. The van der Waals surface area contributed by atoms with Gasteiger partial charge in [0.15, 0.2) is 12.4 Å². The van der Waals surface area contributed by atoms with E-state index >= 15 is 0 Å². The second kappa shape index (κ2) is 30.5. The standard InChI is InChI=1S/C39H70O12S/c1-3-5-7-9-11-13-14-15-16-17-18-20-21-23-25-27-34(40)48-29-32(50-35(41)28-26-24-22-19-12-10-8-6-4-2)30-49-39-38(44)37(43)36(42)33(51-39)31-52(45,46)47/h13-16,32-33,36-39,42-44H,3-12,17-31H2,1-2H3,(H,45,46,47)/b14-13+,16-15+/t32-,33-,36-,37?,38?,39+/m1/s1. The minimum atomic E-state index is -4.60. The molecule has 0 aromatic rings. The molecule has 4 N–H and O–H groups in total. The molecule has 0 saturated carbocycles. The molecular weight excluding hydrogens is 692 g/mol. The summed E-state index contributed by atoms with van der Waals surface area (Å²) < 4.78 is 53.8. The fraction of sp³-hybridized carbons (Fsp3) is 0.846. The van der Waals surface area contributed by atoms with E-state index in [1.165, 1.54) is 57.8 Å². The van der Waals surface area contributed by atoms with E-state index in [0.29, 0.717) is 12.8 Å². The smallest absolute Gasteiger partial charge is 0.306 e. The molecular formula is C39H70O12S. The van der Waals surface area contributed by atoms with Gasteiger partial charge in [-0.15, -0.1) is 0 Å². The third kappa shape index (κ3) is 25.2. The van der Waals surface area contributed by atoms with E-state index in [9.17, 15) is 37.9 Å². The molecule has 1 fully saturated rings. The molecule has 0 spiro atoms. The highest BCUT2D eigenvalue weighted by molar-refractivity contribution is 7.85. The zero-order chi connectivity index (χ0) is 38.5. The Morgan fingerprint density at radius 3 is 1.67 bits per heavy atom.